The van der Waals surface area contributed by atoms with Crippen molar-refractivity contribution in [3.63, 3.8) is 0 Å². The van der Waals surface area contributed by atoms with Gasteiger partial charge in [-0.25, -0.2) is 4.98 Å². The van der Waals surface area contributed by atoms with Crippen LogP contribution in [0.5, 0.6) is 0 Å². The van der Waals surface area contributed by atoms with Crippen LogP contribution >= 0.6 is 0 Å². The minimum absolute atomic E-state index is 0.0385. The molecule has 92 valence electrons. The van der Waals surface area contributed by atoms with Crippen LogP contribution < -0.4 is 4.90 Å². The Kier molecular flexibility index (Phi) is 3.26. The first-order chi connectivity index (χ1) is 8.11. The fourth-order valence-corrected chi connectivity index (χ4v) is 2.01. The van der Waals surface area contributed by atoms with Crippen molar-refractivity contribution in [2.75, 3.05) is 25.1 Å². The molecule has 0 spiro atoms. The van der Waals surface area contributed by atoms with Crippen LogP contribution in [0.2, 0.25) is 0 Å². The van der Waals surface area contributed by atoms with E-state index in [0.717, 1.165) is 30.2 Å². The van der Waals surface area contributed by atoms with Gasteiger partial charge in [0.15, 0.2) is 0 Å². The number of carbonyl (C=O) groups excluding carboxylic acids is 1. The Labute approximate surface area is 101 Å². The Morgan fingerprint density at radius 3 is 2.88 bits per heavy atom. The highest BCUT2D eigenvalue weighted by atomic mass is 16.5. The minimum atomic E-state index is -0.135. The van der Waals surface area contributed by atoms with Gasteiger partial charge in [-0.3, -0.25) is 9.78 Å². The summed E-state index contributed by atoms with van der Waals surface area (Å²) in [6.45, 7) is 5.38. The molecule has 1 fully saturated rings. The molecule has 1 aliphatic heterocycles. The van der Waals surface area contributed by atoms with Crippen molar-refractivity contribution in [2.24, 2.45) is 5.92 Å². The third-order valence-corrected chi connectivity index (χ3v) is 3.23. The Balaban J connectivity index is 2.10. The summed E-state index contributed by atoms with van der Waals surface area (Å²) >= 11 is 0. The molecule has 0 radical (unpaired) electrons. The largest absolute Gasteiger partial charge is 0.469 e. The Bertz CT molecular complexity index is 434. The second-order valence-corrected chi connectivity index (χ2v) is 4.35. The van der Waals surface area contributed by atoms with Gasteiger partial charge in [0.2, 0.25) is 0 Å². The predicted molar refractivity (Wildman–Crippen MR) is 63.8 cm³/mol. The van der Waals surface area contributed by atoms with Gasteiger partial charge in [0, 0.05) is 13.1 Å². The molecular formula is C12H17N3O2. The molecule has 0 bridgehead atoms. The molecule has 2 heterocycles. The molecule has 1 aromatic heterocycles. The number of anilines is 1. The van der Waals surface area contributed by atoms with E-state index in [0.29, 0.717) is 6.54 Å². The van der Waals surface area contributed by atoms with Gasteiger partial charge in [0.05, 0.1) is 30.6 Å². The average Bonchev–Trinajstić information content (AvgIpc) is 2.81. The van der Waals surface area contributed by atoms with Gasteiger partial charge in [-0.15, -0.1) is 0 Å². The lowest BCUT2D eigenvalue weighted by atomic mass is 10.1. The van der Waals surface area contributed by atoms with Crippen molar-refractivity contribution in [1.29, 1.82) is 0 Å². The maximum absolute atomic E-state index is 11.4. The molecule has 0 amide bonds. The quantitative estimate of drug-likeness (QED) is 0.718. The topological polar surface area (TPSA) is 55.3 Å². The number of methoxy groups -OCH3 is 1. The average molecular weight is 235 g/mol. The van der Waals surface area contributed by atoms with Gasteiger partial charge in [-0.1, -0.05) is 0 Å². The number of aromatic nitrogens is 2. The Hall–Kier alpha value is -1.65. The van der Waals surface area contributed by atoms with Gasteiger partial charge in [0.25, 0.3) is 0 Å². The van der Waals surface area contributed by atoms with E-state index in [1.807, 2.05) is 13.8 Å². The summed E-state index contributed by atoms with van der Waals surface area (Å²) in [7, 11) is 1.43. The fourth-order valence-electron chi connectivity index (χ4n) is 2.01. The summed E-state index contributed by atoms with van der Waals surface area (Å²) in [5.41, 5.74) is 1.88. The molecule has 1 saturated heterocycles. The number of esters is 1. The van der Waals surface area contributed by atoms with Crippen LogP contribution in [-0.2, 0) is 9.53 Å². The summed E-state index contributed by atoms with van der Waals surface area (Å²) in [6.07, 6.45) is 2.59. The number of hydrogen-bond acceptors (Lipinski definition) is 5. The highest BCUT2D eigenvalue weighted by Crippen LogP contribution is 2.22. The van der Waals surface area contributed by atoms with E-state index < -0.39 is 0 Å². The van der Waals surface area contributed by atoms with Crippen LogP contribution in [0.1, 0.15) is 17.8 Å². The van der Waals surface area contributed by atoms with Crippen molar-refractivity contribution in [1.82, 2.24) is 9.97 Å². The van der Waals surface area contributed by atoms with E-state index in [2.05, 4.69) is 14.9 Å². The second-order valence-electron chi connectivity index (χ2n) is 4.35. The maximum Gasteiger partial charge on any atom is 0.310 e. The highest BCUT2D eigenvalue weighted by Gasteiger charge is 2.29. The van der Waals surface area contributed by atoms with E-state index >= 15 is 0 Å². The first kappa shape index (κ1) is 11.8. The predicted octanol–water partition coefficient (Wildman–Crippen LogP) is 1.09. The monoisotopic (exact) mass is 235 g/mol. The first-order valence-electron chi connectivity index (χ1n) is 5.75. The van der Waals surface area contributed by atoms with Crippen LogP contribution in [-0.4, -0.2) is 36.1 Å². The number of hydrogen-bond donors (Lipinski definition) is 0. The van der Waals surface area contributed by atoms with Gasteiger partial charge in [0.1, 0.15) is 5.82 Å². The second kappa shape index (κ2) is 4.69. The Morgan fingerprint density at radius 2 is 2.24 bits per heavy atom. The van der Waals surface area contributed by atoms with E-state index in [1.165, 1.54) is 7.11 Å². The van der Waals surface area contributed by atoms with Crippen LogP contribution in [0.15, 0.2) is 6.20 Å². The zero-order chi connectivity index (χ0) is 12.4. The molecule has 5 heteroatoms. The molecule has 2 rings (SSSR count). The summed E-state index contributed by atoms with van der Waals surface area (Å²) in [4.78, 5) is 22.3. The van der Waals surface area contributed by atoms with Gasteiger partial charge in [-0.2, -0.15) is 0 Å². The lowest BCUT2D eigenvalue weighted by Crippen LogP contribution is -2.24. The van der Waals surface area contributed by atoms with E-state index in [4.69, 9.17) is 4.74 Å². The lowest BCUT2D eigenvalue weighted by Gasteiger charge is -2.17. The van der Waals surface area contributed by atoms with Gasteiger partial charge < -0.3 is 9.64 Å². The number of nitrogens with zero attached hydrogens (tertiary/aromatic N) is 3. The number of carbonyl (C=O) groups is 1. The molecule has 1 unspecified atom stereocenters. The molecule has 0 aliphatic carbocycles. The zero-order valence-electron chi connectivity index (χ0n) is 10.4. The normalized spacial score (nSPS) is 19.5. The number of ether oxygens (including phenoxy) is 1. The molecular weight excluding hydrogens is 218 g/mol. The Morgan fingerprint density at radius 1 is 1.47 bits per heavy atom. The maximum atomic E-state index is 11.4. The van der Waals surface area contributed by atoms with E-state index in [1.54, 1.807) is 6.20 Å². The van der Waals surface area contributed by atoms with Gasteiger partial charge in [-0.05, 0) is 20.3 Å². The van der Waals surface area contributed by atoms with E-state index in [9.17, 15) is 4.79 Å². The van der Waals surface area contributed by atoms with Crippen LogP contribution in [0.25, 0.3) is 0 Å². The third kappa shape index (κ3) is 2.38. The van der Waals surface area contributed by atoms with Crippen molar-refractivity contribution in [3.8, 4) is 0 Å². The summed E-state index contributed by atoms with van der Waals surface area (Å²) in [5.74, 6) is 0.673. The molecule has 0 saturated carbocycles. The third-order valence-electron chi connectivity index (χ3n) is 3.23. The molecule has 1 atom stereocenters. The fraction of sp³-hybridized carbons (Fsp3) is 0.583. The summed E-state index contributed by atoms with van der Waals surface area (Å²) in [5, 5.41) is 0. The van der Waals surface area contributed by atoms with Crippen LogP contribution in [0.4, 0.5) is 5.82 Å². The standard InChI is InChI=1S/C12H17N3O2/c1-8-9(2)14-11(6-13-8)15-5-4-10(7-15)12(16)17-3/h6,10H,4-5,7H2,1-3H3. The molecule has 17 heavy (non-hydrogen) atoms. The summed E-state index contributed by atoms with van der Waals surface area (Å²) < 4.78 is 4.76. The smallest absolute Gasteiger partial charge is 0.310 e. The number of rotatable bonds is 2. The molecule has 0 N–H and O–H groups in total. The minimum Gasteiger partial charge on any atom is -0.469 e. The lowest BCUT2D eigenvalue weighted by molar-refractivity contribution is -0.144. The van der Waals surface area contributed by atoms with E-state index in [-0.39, 0.29) is 11.9 Å². The molecule has 1 aliphatic rings. The highest BCUT2D eigenvalue weighted by molar-refractivity contribution is 5.74. The number of aryl methyl sites for hydroxylation is 2. The first-order valence-corrected chi connectivity index (χ1v) is 5.75. The molecule has 0 aromatic carbocycles. The van der Waals surface area contributed by atoms with Crippen molar-refractivity contribution in [3.05, 3.63) is 17.6 Å². The zero-order valence-corrected chi connectivity index (χ0v) is 10.4. The van der Waals surface area contributed by atoms with Crippen LogP contribution in [0, 0.1) is 19.8 Å². The molecule has 1 aromatic rings. The molecule has 5 nitrogen and oxygen atoms in total. The van der Waals surface area contributed by atoms with Crippen LogP contribution in [0.3, 0.4) is 0 Å². The van der Waals surface area contributed by atoms with Crippen molar-refractivity contribution >= 4 is 11.8 Å². The van der Waals surface area contributed by atoms with Gasteiger partial charge >= 0.3 is 5.97 Å². The van der Waals surface area contributed by atoms with Crippen molar-refractivity contribution < 1.29 is 9.53 Å². The SMILES string of the molecule is COC(=O)C1CCN(c2cnc(C)c(C)n2)C1. The summed E-state index contributed by atoms with van der Waals surface area (Å²) in [6, 6.07) is 0. The van der Waals surface area contributed by atoms with Crippen molar-refractivity contribution in [2.45, 2.75) is 20.3 Å².